The molecule has 0 saturated carbocycles. The zero-order chi connectivity index (χ0) is 16.8. The predicted molar refractivity (Wildman–Crippen MR) is 93.7 cm³/mol. The van der Waals surface area contributed by atoms with Crippen molar-refractivity contribution < 1.29 is 9.59 Å². The third-order valence-electron chi connectivity index (χ3n) is 4.33. The molecule has 1 aliphatic rings. The van der Waals surface area contributed by atoms with Crippen LogP contribution in [-0.4, -0.2) is 48.4 Å². The van der Waals surface area contributed by atoms with Crippen molar-refractivity contribution in [3.05, 3.63) is 22.4 Å². The third-order valence-corrected chi connectivity index (χ3v) is 5.20. The van der Waals surface area contributed by atoms with Gasteiger partial charge in [0.2, 0.25) is 5.91 Å². The maximum Gasteiger partial charge on any atom is 0.261 e. The van der Waals surface area contributed by atoms with E-state index in [0.29, 0.717) is 23.4 Å². The first-order valence-electron chi connectivity index (χ1n) is 8.33. The number of nitrogens with one attached hydrogen (secondary N) is 2. The van der Waals surface area contributed by atoms with E-state index in [4.69, 9.17) is 0 Å². The first kappa shape index (κ1) is 17.9. The summed E-state index contributed by atoms with van der Waals surface area (Å²) in [7, 11) is 0. The molecule has 2 N–H and O–H groups in total. The Balaban J connectivity index is 1.74. The van der Waals surface area contributed by atoms with E-state index in [1.807, 2.05) is 11.4 Å². The first-order valence-corrected chi connectivity index (χ1v) is 9.21. The fourth-order valence-electron chi connectivity index (χ4n) is 2.87. The highest BCUT2D eigenvalue weighted by atomic mass is 32.1. The fourth-order valence-corrected chi connectivity index (χ4v) is 3.50. The number of rotatable bonds is 6. The maximum absolute atomic E-state index is 12.2. The number of piperidine rings is 1. The summed E-state index contributed by atoms with van der Waals surface area (Å²) < 4.78 is 0. The van der Waals surface area contributed by atoms with E-state index in [-0.39, 0.29) is 11.8 Å². The lowest BCUT2D eigenvalue weighted by Crippen LogP contribution is -2.48. The van der Waals surface area contributed by atoms with Crippen LogP contribution in [0.1, 0.15) is 43.3 Å². The minimum absolute atomic E-state index is 0.114. The average molecular weight is 337 g/mol. The lowest BCUT2D eigenvalue weighted by molar-refractivity contribution is -0.122. The van der Waals surface area contributed by atoms with Gasteiger partial charge < -0.3 is 15.5 Å². The molecule has 1 fully saturated rings. The molecule has 2 unspecified atom stereocenters. The van der Waals surface area contributed by atoms with Crippen molar-refractivity contribution in [1.82, 2.24) is 15.5 Å². The van der Waals surface area contributed by atoms with Gasteiger partial charge in [0.15, 0.2) is 0 Å². The molecular formula is C17H27N3O2S. The highest BCUT2D eigenvalue weighted by molar-refractivity contribution is 7.12. The van der Waals surface area contributed by atoms with Gasteiger partial charge in [-0.15, -0.1) is 11.3 Å². The number of nitrogens with zero attached hydrogens (tertiary/aromatic N) is 1. The van der Waals surface area contributed by atoms with Crippen molar-refractivity contribution in [2.24, 2.45) is 5.92 Å². The molecule has 1 aliphatic heterocycles. The summed E-state index contributed by atoms with van der Waals surface area (Å²) in [5.74, 6) is 0.193. The van der Waals surface area contributed by atoms with Crippen LogP contribution in [0.3, 0.4) is 0 Å². The van der Waals surface area contributed by atoms with Gasteiger partial charge >= 0.3 is 0 Å². The minimum Gasteiger partial charge on any atom is -0.354 e. The van der Waals surface area contributed by atoms with Crippen LogP contribution in [0.2, 0.25) is 0 Å². The minimum atomic E-state index is -0.519. The second-order valence-corrected chi connectivity index (χ2v) is 7.46. The number of thiophene rings is 1. The summed E-state index contributed by atoms with van der Waals surface area (Å²) in [6, 6.07) is 3.62. The standard InChI is InChI=1S/C17H27N3O2S/c1-12(2)20-8-4-6-14(11-20)10-18-16(21)13(3)19-17(22)15-7-5-9-23-15/h5,7,9,12-14H,4,6,8,10-11H2,1-3H3,(H,18,21)(H,19,22). The molecule has 0 aromatic carbocycles. The van der Waals surface area contributed by atoms with Crippen molar-refractivity contribution in [2.45, 2.75) is 45.7 Å². The molecule has 0 bridgehead atoms. The highest BCUT2D eigenvalue weighted by Crippen LogP contribution is 2.17. The zero-order valence-corrected chi connectivity index (χ0v) is 15.0. The van der Waals surface area contributed by atoms with Crippen LogP contribution in [0, 0.1) is 5.92 Å². The summed E-state index contributed by atoms with van der Waals surface area (Å²) in [6.45, 7) is 9.01. The van der Waals surface area contributed by atoms with E-state index in [1.54, 1.807) is 13.0 Å². The lowest BCUT2D eigenvalue weighted by atomic mass is 9.97. The molecule has 0 spiro atoms. The van der Waals surface area contributed by atoms with Crippen molar-refractivity contribution >= 4 is 23.2 Å². The van der Waals surface area contributed by atoms with Crippen molar-refractivity contribution in [1.29, 1.82) is 0 Å². The van der Waals surface area contributed by atoms with Crippen LogP contribution in [-0.2, 0) is 4.79 Å². The van der Waals surface area contributed by atoms with Crippen molar-refractivity contribution in [3.63, 3.8) is 0 Å². The second kappa shape index (κ2) is 8.45. The van der Waals surface area contributed by atoms with E-state index in [1.165, 1.54) is 17.8 Å². The smallest absolute Gasteiger partial charge is 0.261 e. The molecule has 0 aliphatic carbocycles. The van der Waals surface area contributed by atoms with E-state index >= 15 is 0 Å². The fraction of sp³-hybridized carbons (Fsp3) is 0.647. The number of amides is 2. The van der Waals surface area contributed by atoms with E-state index in [2.05, 4.69) is 29.4 Å². The Hall–Kier alpha value is -1.40. The van der Waals surface area contributed by atoms with Gasteiger partial charge in [-0.3, -0.25) is 9.59 Å². The number of carbonyl (C=O) groups is 2. The Bertz CT molecular complexity index is 516. The number of hydrogen-bond donors (Lipinski definition) is 2. The molecule has 2 atom stereocenters. The van der Waals surface area contributed by atoms with Crippen LogP contribution < -0.4 is 10.6 Å². The number of carbonyl (C=O) groups excluding carboxylic acids is 2. The third kappa shape index (κ3) is 5.32. The predicted octanol–water partition coefficient (Wildman–Crippen LogP) is 2.10. The van der Waals surface area contributed by atoms with Crippen LogP contribution in [0.15, 0.2) is 17.5 Å². The molecule has 128 valence electrons. The number of likely N-dealkylation sites (tertiary alicyclic amines) is 1. The number of hydrogen-bond acceptors (Lipinski definition) is 4. The Kier molecular flexibility index (Phi) is 6.59. The molecule has 5 nitrogen and oxygen atoms in total. The SMILES string of the molecule is CC(NC(=O)c1cccs1)C(=O)NCC1CCCN(C(C)C)C1. The van der Waals surface area contributed by atoms with Crippen LogP contribution in [0.25, 0.3) is 0 Å². The molecular weight excluding hydrogens is 310 g/mol. The lowest BCUT2D eigenvalue weighted by Gasteiger charge is -2.35. The maximum atomic E-state index is 12.2. The Morgan fingerprint density at radius 1 is 1.39 bits per heavy atom. The van der Waals surface area contributed by atoms with Gasteiger partial charge in [0.1, 0.15) is 6.04 Å². The molecule has 2 amide bonds. The Labute approximate surface area is 142 Å². The Morgan fingerprint density at radius 3 is 2.83 bits per heavy atom. The van der Waals surface area contributed by atoms with E-state index in [0.717, 1.165) is 19.5 Å². The van der Waals surface area contributed by atoms with Gasteiger partial charge in [-0.05, 0) is 57.5 Å². The molecule has 0 radical (unpaired) electrons. The van der Waals surface area contributed by atoms with E-state index < -0.39 is 6.04 Å². The van der Waals surface area contributed by atoms with Gasteiger partial charge in [-0.2, -0.15) is 0 Å². The first-order chi connectivity index (χ1) is 11.0. The normalized spacial score (nSPS) is 20.3. The van der Waals surface area contributed by atoms with Gasteiger partial charge in [0.05, 0.1) is 4.88 Å². The average Bonchev–Trinajstić information content (AvgIpc) is 3.07. The Morgan fingerprint density at radius 2 is 2.17 bits per heavy atom. The van der Waals surface area contributed by atoms with Crippen LogP contribution in [0.5, 0.6) is 0 Å². The molecule has 2 heterocycles. The molecule has 1 saturated heterocycles. The molecule has 6 heteroatoms. The molecule has 23 heavy (non-hydrogen) atoms. The van der Waals surface area contributed by atoms with Crippen molar-refractivity contribution in [3.8, 4) is 0 Å². The summed E-state index contributed by atoms with van der Waals surface area (Å²) in [4.78, 5) is 27.2. The summed E-state index contributed by atoms with van der Waals surface area (Å²) in [5.41, 5.74) is 0. The van der Waals surface area contributed by atoms with Gasteiger partial charge in [-0.25, -0.2) is 0 Å². The van der Waals surface area contributed by atoms with Crippen LogP contribution in [0.4, 0.5) is 0 Å². The largest absolute Gasteiger partial charge is 0.354 e. The summed E-state index contributed by atoms with van der Waals surface area (Å²) >= 11 is 1.37. The molecule has 1 aromatic rings. The topological polar surface area (TPSA) is 61.4 Å². The molecule has 2 rings (SSSR count). The second-order valence-electron chi connectivity index (χ2n) is 6.51. The van der Waals surface area contributed by atoms with Crippen molar-refractivity contribution in [2.75, 3.05) is 19.6 Å². The quantitative estimate of drug-likeness (QED) is 0.836. The van der Waals surface area contributed by atoms with E-state index in [9.17, 15) is 9.59 Å². The van der Waals surface area contributed by atoms with Gasteiger partial charge in [0.25, 0.3) is 5.91 Å². The summed E-state index contributed by atoms with van der Waals surface area (Å²) in [6.07, 6.45) is 2.34. The zero-order valence-electron chi connectivity index (χ0n) is 14.2. The highest BCUT2D eigenvalue weighted by Gasteiger charge is 2.23. The van der Waals surface area contributed by atoms with Gasteiger partial charge in [-0.1, -0.05) is 6.07 Å². The molecule has 1 aromatic heterocycles. The van der Waals surface area contributed by atoms with Crippen LogP contribution >= 0.6 is 11.3 Å². The van der Waals surface area contributed by atoms with Gasteiger partial charge in [0, 0.05) is 19.1 Å². The summed E-state index contributed by atoms with van der Waals surface area (Å²) in [5, 5.41) is 7.58. The monoisotopic (exact) mass is 337 g/mol.